The summed E-state index contributed by atoms with van der Waals surface area (Å²) >= 11 is 7.86. The minimum atomic E-state index is -0.201. The van der Waals surface area contributed by atoms with Crippen molar-refractivity contribution in [2.45, 2.75) is 27.3 Å². The van der Waals surface area contributed by atoms with Gasteiger partial charge in [0.05, 0.1) is 28.6 Å². The number of rotatable bonds is 4. The Morgan fingerprint density at radius 3 is 2.68 bits per heavy atom. The Balaban J connectivity index is 1.62. The number of hydrogen-bond donors (Lipinski definition) is 1. The van der Waals surface area contributed by atoms with Crippen molar-refractivity contribution in [3.05, 3.63) is 80.9 Å². The van der Waals surface area contributed by atoms with E-state index >= 15 is 0 Å². The van der Waals surface area contributed by atoms with E-state index in [0.29, 0.717) is 16.4 Å². The molecule has 0 aliphatic rings. The SMILES string of the molecule is Cc1cccc(Cn2nc(C)c(NC(=O)c3sc4ccccc4c3Cl)c2C)c1. The highest BCUT2D eigenvalue weighted by atomic mass is 35.5. The molecule has 28 heavy (non-hydrogen) atoms. The van der Waals surface area contributed by atoms with Gasteiger partial charge in [-0.3, -0.25) is 9.48 Å². The van der Waals surface area contributed by atoms with Gasteiger partial charge in [-0.15, -0.1) is 11.3 Å². The molecule has 4 aromatic rings. The van der Waals surface area contributed by atoms with Crippen LogP contribution < -0.4 is 5.32 Å². The minimum Gasteiger partial charge on any atom is -0.318 e. The zero-order chi connectivity index (χ0) is 19.8. The van der Waals surface area contributed by atoms with Gasteiger partial charge in [-0.25, -0.2) is 0 Å². The quantitative estimate of drug-likeness (QED) is 0.450. The van der Waals surface area contributed by atoms with Crippen molar-refractivity contribution in [3.8, 4) is 0 Å². The molecule has 0 aliphatic heterocycles. The van der Waals surface area contributed by atoms with Gasteiger partial charge in [-0.2, -0.15) is 5.10 Å². The molecular formula is C22H20ClN3OS. The summed E-state index contributed by atoms with van der Waals surface area (Å²) in [5.74, 6) is -0.201. The van der Waals surface area contributed by atoms with Crippen molar-refractivity contribution in [3.63, 3.8) is 0 Å². The molecule has 1 N–H and O–H groups in total. The summed E-state index contributed by atoms with van der Waals surface area (Å²) in [6.45, 7) is 6.61. The zero-order valence-corrected chi connectivity index (χ0v) is 17.5. The molecule has 2 heterocycles. The van der Waals surface area contributed by atoms with Crippen molar-refractivity contribution in [1.82, 2.24) is 9.78 Å². The molecule has 2 aromatic heterocycles. The number of aromatic nitrogens is 2. The molecule has 142 valence electrons. The maximum Gasteiger partial charge on any atom is 0.267 e. The number of carbonyl (C=O) groups excluding carboxylic acids is 1. The van der Waals surface area contributed by atoms with Crippen molar-refractivity contribution < 1.29 is 4.79 Å². The summed E-state index contributed by atoms with van der Waals surface area (Å²) in [6, 6.07) is 16.1. The molecule has 0 saturated carbocycles. The fourth-order valence-corrected chi connectivity index (χ4v) is 4.76. The molecule has 4 rings (SSSR count). The third-order valence-electron chi connectivity index (χ3n) is 4.78. The first-order valence-corrected chi connectivity index (χ1v) is 10.2. The maximum atomic E-state index is 12.9. The van der Waals surface area contributed by atoms with Gasteiger partial charge < -0.3 is 5.32 Å². The van der Waals surface area contributed by atoms with Crippen LogP contribution in [0.1, 0.15) is 32.2 Å². The Morgan fingerprint density at radius 2 is 1.93 bits per heavy atom. The molecule has 1 amide bonds. The van der Waals surface area contributed by atoms with Crippen LogP contribution in [0.2, 0.25) is 5.02 Å². The monoisotopic (exact) mass is 409 g/mol. The standard InChI is InChI=1S/C22H20ClN3OS/c1-13-7-6-8-16(11-13)12-26-15(3)20(14(2)25-26)24-22(27)21-19(23)17-9-4-5-10-18(17)28-21/h4-11H,12H2,1-3H3,(H,24,27). The Bertz CT molecular complexity index is 1190. The van der Waals surface area contributed by atoms with Gasteiger partial charge in [0, 0.05) is 10.1 Å². The van der Waals surface area contributed by atoms with Crippen LogP contribution in [0, 0.1) is 20.8 Å². The first kappa shape index (κ1) is 18.7. The molecule has 0 saturated heterocycles. The van der Waals surface area contributed by atoms with Gasteiger partial charge in [0.25, 0.3) is 5.91 Å². The smallest absolute Gasteiger partial charge is 0.267 e. The van der Waals surface area contributed by atoms with Gasteiger partial charge >= 0.3 is 0 Å². The Kier molecular flexibility index (Phi) is 4.96. The molecule has 0 spiro atoms. The summed E-state index contributed by atoms with van der Waals surface area (Å²) in [5, 5.41) is 9.04. The highest BCUT2D eigenvalue weighted by molar-refractivity contribution is 7.21. The third kappa shape index (κ3) is 3.43. The second-order valence-corrected chi connectivity index (χ2v) is 8.32. The van der Waals surface area contributed by atoms with Crippen LogP contribution in [0.25, 0.3) is 10.1 Å². The van der Waals surface area contributed by atoms with E-state index in [2.05, 4.69) is 35.5 Å². The van der Waals surface area contributed by atoms with Crippen LogP contribution >= 0.6 is 22.9 Å². The lowest BCUT2D eigenvalue weighted by Gasteiger charge is -2.07. The molecule has 4 nitrogen and oxygen atoms in total. The topological polar surface area (TPSA) is 46.9 Å². The predicted octanol–water partition coefficient (Wildman–Crippen LogP) is 5.98. The number of nitrogens with zero attached hydrogens (tertiary/aromatic N) is 2. The van der Waals surface area contributed by atoms with Crippen LogP contribution in [-0.2, 0) is 6.54 Å². The van der Waals surface area contributed by atoms with Gasteiger partial charge in [-0.05, 0) is 32.4 Å². The molecule has 0 bridgehead atoms. The Morgan fingerprint density at radius 1 is 1.14 bits per heavy atom. The van der Waals surface area contributed by atoms with Crippen LogP contribution in [0.5, 0.6) is 0 Å². The van der Waals surface area contributed by atoms with Gasteiger partial charge in [0.2, 0.25) is 0 Å². The number of thiophene rings is 1. The molecule has 0 aliphatic carbocycles. The van der Waals surface area contributed by atoms with E-state index in [1.165, 1.54) is 22.5 Å². The second-order valence-electron chi connectivity index (χ2n) is 6.89. The van der Waals surface area contributed by atoms with Crippen LogP contribution in [0.4, 0.5) is 5.69 Å². The number of carbonyl (C=O) groups is 1. The lowest BCUT2D eigenvalue weighted by Crippen LogP contribution is -2.12. The fourth-order valence-electron chi connectivity index (χ4n) is 3.35. The first-order valence-electron chi connectivity index (χ1n) is 9.02. The van der Waals surface area contributed by atoms with Crippen LogP contribution in [0.15, 0.2) is 48.5 Å². The van der Waals surface area contributed by atoms with E-state index in [-0.39, 0.29) is 5.91 Å². The maximum absolute atomic E-state index is 12.9. The van der Waals surface area contributed by atoms with E-state index in [0.717, 1.165) is 27.2 Å². The van der Waals surface area contributed by atoms with Gasteiger partial charge in [-0.1, -0.05) is 59.6 Å². The lowest BCUT2D eigenvalue weighted by molar-refractivity contribution is 0.103. The van der Waals surface area contributed by atoms with Gasteiger partial charge in [0.1, 0.15) is 4.88 Å². The minimum absolute atomic E-state index is 0.201. The van der Waals surface area contributed by atoms with E-state index in [4.69, 9.17) is 11.6 Å². The lowest BCUT2D eigenvalue weighted by atomic mass is 10.1. The average Bonchev–Trinajstić information content (AvgIpc) is 3.14. The predicted molar refractivity (Wildman–Crippen MR) is 117 cm³/mol. The molecule has 0 radical (unpaired) electrons. The number of aryl methyl sites for hydroxylation is 2. The zero-order valence-electron chi connectivity index (χ0n) is 15.9. The summed E-state index contributed by atoms with van der Waals surface area (Å²) in [4.78, 5) is 13.4. The number of hydrogen-bond acceptors (Lipinski definition) is 3. The molecule has 6 heteroatoms. The molecule has 0 atom stereocenters. The average molecular weight is 410 g/mol. The number of amides is 1. The number of anilines is 1. The van der Waals surface area contributed by atoms with Crippen LogP contribution in [0.3, 0.4) is 0 Å². The number of fused-ring (bicyclic) bond motifs is 1. The summed E-state index contributed by atoms with van der Waals surface area (Å²) in [6.07, 6.45) is 0. The van der Waals surface area contributed by atoms with E-state index in [1.807, 2.05) is 48.9 Å². The molecule has 0 unspecified atom stereocenters. The highest BCUT2D eigenvalue weighted by Gasteiger charge is 2.20. The van der Waals surface area contributed by atoms with Crippen molar-refractivity contribution in [2.75, 3.05) is 5.32 Å². The fraction of sp³-hybridized carbons (Fsp3) is 0.182. The Hall–Kier alpha value is -2.63. The molecular weight excluding hydrogens is 390 g/mol. The van der Waals surface area contributed by atoms with E-state index in [9.17, 15) is 4.79 Å². The second kappa shape index (κ2) is 7.41. The molecule has 2 aromatic carbocycles. The Labute approximate surface area is 172 Å². The summed E-state index contributed by atoms with van der Waals surface area (Å²) in [5.41, 5.74) is 4.84. The number of nitrogens with one attached hydrogen (secondary N) is 1. The molecule has 0 fully saturated rings. The van der Waals surface area contributed by atoms with Crippen molar-refractivity contribution >= 4 is 44.6 Å². The number of halogens is 1. The largest absolute Gasteiger partial charge is 0.318 e. The number of benzene rings is 2. The van der Waals surface area contributed by atoms with E-state index in [1.54, 1.807) is 0 Å². The first-order chi connectivity index (χ1) is 13.4. The summed E-state index contributed by atoms with van der Waals surface area (Å²) < 4.78 is 2.92. The van der Waals surface area contributed by atoms with E-state index < -0.39 is 0 Å². The normalized spacial score (nSPS) is 11.1. The van der Waals surface area contributed by atoms with Gasteiger partial charge in [0.15, 0.2) is 0 Å². The summed E-state index contributed by atoms with van der Waals surface area (Å²) in [7, 11) is 0. The van der Waals surface area contributed by atoms with Crippen molar-refractivity contribution in [2.24, 2.45) is 0 Å². The van der Waals surface area contributed by atoms with Crippen LogP contribution in [-0.4, -0.2) is 15.7 Å². The highest BCUT2D eigenvalue weighted by Crippen LogP contribution is 2.36. The van der Waals surface area contributed by atoms with Crippen molar-refractivity contribution in [1.29, 1.82) is 0 Å². The third-order valence-corrected chi connectivity index (χ3v) is 6.45.